The Hall–Kier alpha value is -3.41. The molecule has 3 N–H and O–H groups in total. The quantitative estimate of drug-likeness (QED) is 0.520. The zero-order chi connectivity index (χ0) is 20.7. The molecule has 0 amide bonds. The van der Waals surface area contributed by atoms with Crippen LogP contribution in [-0.2, 0) is 13.1 Å². The topological polar surface area (TPSA) is 113 Å². The lowest BCUT2D eigenvalue weighted by molar-refractivity contribution is 0.610. The lowest BCUT2D eigenvalue weighted by atomic mass is 9.96. The summed E-state index contributed by atoms with van der Waals surface area (Å²) in [6.07, 6.45) is 2.83. The van der Waals surface area contributed by atoms with Gasteiger partial charge in [-0.2, -0.15) is 15.5 Å². The van der Waals surface area contributed by atoms with Crippen molar-refractivity contribution in [2.45, 2.75) is 24.4 Å². The Bertz CT molecular complexity index is 1380. The van der Waals surface area contributed by atoms with Crippen molar-refractivity contribution in [3.05, 3.63) is 64.2 Å². The minimum atomic E-state index is -0.243. The summed E-state index contributed by atoms with van der Waals surface area (Å²) >= 11 is 1.77. The Labute approximate surface area is 176 Å². The number of benzene rings is 2. The molecule has 0 aliphatic carbocycles. The summed E-state index contributed by atoms with van der Waals surface area (Å²) in [7, 11) is 0. The molecule has 0 fully saturated rings. The number of thioether (sulfide) groups is 1. The molecule has 1 aliphatic rings. The van der Waals surface area contributed by atoms with Gasteiger partial charge in [-0.05, 0) is 42.0 Å². The molecule has 0 unspecified atom stereocenters. The SMILES string of the molecule is N#Cc1cccc2c1-c1c(-c3ccc4c(=O)[nH]nc(CN)c4c3)cnn1CCCS2. The molecule has 0 spiro atoms. The van der Waals surface area contributed by atoms with E-state index in [9.17, 15) is 10.1 Å². The minimum Gasteiger partial charge on any atom is -0.325 e. The van der Waals surface area contributed by atoms with Gasteiger partial charge in [0.25, 0.3) is 5.56 Å². The van der Waals surface area contributed by atoms with E-state index < -0.39 is 0 Å². The maximum Gasteiger partial charge on any atom is 0.272 e. The van der Waals surface area contributed by atoms with Crippen LogP contribution in [0.25, 0.3) is 33.2 Å². The molecule has 148 valence electrons. The highest BCUT2D eigenvalue weighted by Crippen LogP contribution is 2.41. The summed E-state index contributed by atoms with van der Waals surface area (Å²) in [6.45, 7) is 1.01. The monoisotopic (exact) mass is 414 g/mol. The van der Waals surface area contributed by atoms with Gasteiger partial charge in [-0.15, -0.1) is 11.8 Å². The van der Waals surface area contributed by atoms with Crippen LogP contribution >= 0.6 is 11.8 Å². The van der Waals surface area contributed by atoms with Crippen molar-refractivity contribution in [1.82, 2.24) is 20.0 Å². The van der Waals surface area contributed by atoms with Gasteiger partial charge in [0, 0.05) is 34.5 Å². The number of hydrogen-bond acceptors (Lipinski definition) is 6. The zero-order valence-electron chi connectivity index (χ0n) is 16.1. The smallest absolute Gasteiger partial charge is 0.272 e. The van der Waals surface area contributed by atoms with E-state index in [1.165, 1.54) is 0 Å². The number of nitrogens with two attached hydrogens (primary N) is 1. The van der Waals surface area contributed by atoms with Crippen LogP contribution < -0.4 is 11.3 Å². The Balaban J connectivity index is 1.80. The lowest BCUT2D eigenvalue weighted by Gasteiger charge is -2.18. The van der Waals surface area contributed by atoms with Crippen molar-refractivity contribution in [3.63, 3.8) is 0 Å². The third-order valence-electron chi connectivity index (χ3n) is 5.37. The van der Waals surface area contributed by atoms with E-state index >= 15 is 0 Å². The van der Waals surface area contributed by atoms with E-state index in [0.717, 1.165) is 51.4 Å². The lowest BCUT2D eigenvalue weighted by Crippen LogP contribution is -2.13. The number of nitrogens with zero attached hydrogens (tertiary/aromatic N) is 4. The largest absolute Gasteiger partial charge is 0.325 e. The van der Waals surface area contributed by atoms with E-state index in [1.807, 2.05) is 35.1 Å². The molecule has 8 heteroatoms. The number of rotatable bonds is 2. The molecular weight excluding hydrogens is 396 g/mol. The highest BCUT2D eigenvalue weighted by molar-refractivity contribution is 7.99. The highest BCUT2D eigenvalue weighted by Gasteiger charge is 2.23. The summed E-state index contributed by atoms with van der Waals surface area (Å²) < 4.78 is 1.98. The van der Waals surface area contributed by atoms with Crippen LogP contribution in [0.15, 0.2) is 52.3 Å². The molecule has 30 heavy (non-hydrogen) atoms. The fourth-order valence-corrected chi connectivity index (χ4v) is 4.98. The van der Waals surface area contributed by atoms with Gasteiger partial charge in [-0.3, -0.25) is 9.48 Å². The molecule has 0 atom stereocenters. The maximum atomic E-state index is 12.2. The number of fused-ring (bicyclic) bond motifs is 4. The fourth-order valence-electron chi connectivity index (χ4n) is 3.96. The second-order valence-corrected chi connectivity index (χ2v) is 8.22. The van der Waals surface area contributed by atoms with Gasteiger partial charge in [-0.25, -0.2) is 5.10 Å². The van der Waals surface area contributed by atoms with Crippen molar-refractivity contribution in [2.24, 2.45) is 5.73 Å². The summed E-state index contributed by atoms with van der Waals surface area (Å²) in [5.41, 5.74) is 10.6. The van der Waals surface area contributed by atoms with Gasteiger partial charge < -0.3 is 5.73 Å². The number of aromatic amines is 1. The first-order valence-electron chi connectivity index (χ1n) is 9.65. The Kier molecular flexibility index (Phi) is 4.62. The Morgan fingerprint density at radius 1 is 1.27 bits per heavy atom. The van der Waals surface area contributed by atoms with Gasteiger partial charge in [-0.1, -0.05) is 12.1 Å². The summed E-state index contributed by atoms with van der Waals surface area (Å²) in [4.78, 5) is 13.3. The summed E-state index contributed by atoms with van der Waals surface area (Å²) in [5.74, 6) is 0.973. The molecule has 0 bridgehead atoms. The number of H-pyrrole nitrogens is 1. The number of aromatic nitrogens is 4. The second-order valence-electron chi connectivity index (χ2n) is 7.09. The predicted octanol–water partition coefficient (Wildman–Crippen LogP) is 3.28. The van der Waals surface area contributed by atoms with Crippen LogP contribution in [0, 0.1) is 11.3 Å². The highest BCUT2D eigenvalue weighted by atomic mass is 32.2. The first-order chi connectivity index (χ1) is 14.7. The van der Waals surface area contributed by atoms with Gasteiger partial charge in [0.1, 0.15) is 0 Å². The molecule has 5 rings (SSSR count). The third kappa shape index (κ3) is 2.91. The van der Waals surface area contributed by atoms with E-state index in [0.29, 0.717) is 16.6 Å². The van der Waals surface area contributed by atoms with Crippen LogP contribution in [0.1, 0.15) is 17.7 Å². The van der Waals surface area contributed by atoms with E-state index in [2.05, 4.69) is 27.4 Å². The van der Waals surface area contributed by atoms with Gasteiger partial charge in [0.05, 0.1) is 34.6 Å². The summed E-state index contributed by atoms with van der Waals surface area (Å²) in [5, 5.41) is 22.3. The molecule has 0 radical (unpaired) electrons. The first-order valence-corrected chi connectivity index (χ1v) is 10.6. The van der Waals surface area contributed by atoms with Crippen LogP contribution in [0.2, 0.25) is 0 Å². The van der Waals surface area contributed by atoms with Crippen molar-refractivity contribution in [3.8, 4) is 28.5 Å². The first kappa shape index (κ1) is 18.6. The van der Waals surface area contributed by atoms with Gasteiger partial charge in [0.15, 0.2) is 0 Å². The van der Waals surface area contributed by atoms with Crippen molar-refractivity contribution in [1.29, 1.82) is 5.26 Å². The number of hydrogen-bond donors (Lipinski definition) is 2. The summed E-state index contributed by atoms with van der Waals surface area (Å²) in [6, 6.07) is 13.8. The molecule has 1 aliphatic heterocycles. The standard InChI is InChI=1S/C22H18N6OS/c23-10-14-3-1-4-19-20(14)21-17(12-25-28(21)7-2-8-30-19)13-5-6-15-16(9-13)18(11-24)26-27-22(15)29/h1,3-6,9,12H,2,7-8,11,24H2,(H,27,29). The van der Waals surface area contributed by atoms with Crippen LogP contribution in [0.4, 0.5) is 0 Å². The number of aryl methyl sites for hydroxylation is 1. The van der Waals surface area contributed by atoms with Crippen molar-refractivity contribution >= 4 is 22.5 Å². The maximum absolute atomic E-state index is 12.2. The van der Waals surface area contributed by atoms with Crippen LogP contribution in [0.3, 0.4) is 0 Å². The molecule has 7 nitrogen and oxygen atoms in total. The Morgan fingerprint density at radius 3 is 3.00 bits per heavy atom. The molecule has 4 aromatic rings. The average molecular weight is 414 g/mol. The molecule has 2 aromatic heterocycles. The van der Waals surface area contributed by atoms with E-state index in [-0.39, 0.29) is 12.1 Å². The van der Waals surface area contributed by atoms with Crippen molar-refractivity contribution in [2.75, 3.05) is 5.75 Å². The molecular formula is C22H18N6OS. The van der Waals surface area contributed by atoms with Gasteiger partial charge in [0.2, 0.25) is 0 Å². The average Bonchev–Trinajstić information content (AvgIpc) is 3.17. The molecule has 2 aromatic carbocycles. The molecule has 0 saturated heterocycles. The van der Waals surface area contributed by atoms with Gasteiger partial charge >= 0.3 is 0 Å². The third-order valence-corrected chi connectivity index (χ3v) is 6.51. The zero-order valence-corrected chi connectivity index (χ0v) is 16.9. The molecule has 3 heterocycles. The number of nitriles is 1. The van der Waals surface area contributed by atoms with Crippen LogP contribution in [0.5, 0.6) is 0 Å². The fraction of sp³-hybridized carbons (Fsp3) is 0.182. The second kappa shape index (κ2) is 7.44. The minimum absolute atomic E-state index is 0.223. The number of nitrogens with one attached hydrogen (secondary N) is 1. The van der Waals surface area contributed by atoms with Crippen molar-refractivity contribution < 1.29 is 0 Å². The van der Waals surface area contributed by atoms with E-state index in [1.54, 1.807) is 17.8 Å². The van der Waals surface area contributed by atoms with E-state index in [4.69, 9.17) is 5.73 Å². The normalized spacial score (nSPS) is 13.2. The Morgan fingerprint density at radius 2 is 2.17 bits per heavy atom. The molecule has 0 saturated carbocycles. The van der Waals surface area contributed by atoms with Crippen LogP contribution in [-0.4, -0.2) is 25.7 Å². The predicted molar refractivity (Wildman–Crippen MR) is 117 cm³/mol.